The number of carbonyl (C=O) groups excluding carboxylic acids is 1. The van der Waals surface area contributed by atoms with Gasteiger partial charge in [-0.05, 0) is 50.3 Å². The molecule has 134 valence electrons. The number of amides is 2. The number of benzene rings is 1. The third-order valence-electron chi connectivity index (χ3n) is 4.40. The van der Waals surface area contributed by atoms with Gasteiger partial charge in [0.1, 0.15) is 0 Å². The Morgan fingerprint density at radius 1 is 1.33 bits per heavy atom. The summed E-state index contributed by atoms with van der Waals surface area (Å²) in [5.41, 5.74) is 0.961. The minimum atomic E-state index is -0.156. The number of hydrogen-bond acceptors (Lipinski definition) is 4. The van der Waals surface area contributed by atoms with Crippen molar-refractivity contribution < 1.29 is 19.0 Å². The van der Waals surface area contributed by atoms with Gasteiger partial charge in [0.2, 0.25) is 0 Å². The van der Waals surface area contributed by atoms with Crippen LogP contribution in [0.25, 0.3) is 0 Å². The van der Waals surface area contributed by atoms with E-state index in [0.29, 0.717) is 24.0 Å². The van der Waals surface area contributed by atoms with E-state index in [4.69, 9.17) is 14.2 Å². The van der Waals surface area contributed by atoms with Gasteiger partial charge in [-0.15, -0.1) is 0 Å². The van der Waals surface area contributed by atoms with Gasteiger partial charge in [0.05, 0.1) is 26.4 Å². The zero-order chi connectivity index (χ0) is 17.5. The van der Waals surface area contributed by atoms with Crippen molar-refractivity contribution in [3.63, 3.8) is 0 Å². The molecule has 2 rings (SSSR count). The third-order valence-corrected chi connectivity index (χ3v) is 4.40. The quantitative estimate of drug-likeness (QED) is 0.838. The summed E-state index contributed by atoms with van der Waals surface area (Å²) in [6, 6.07) is 5.36. The smallest absolute Gasteiger partial charge is 0.315 e. The molecule has 1 aromatic carbocycles. The van der Waals surface area contributed by atoms with Crippen LogP contribution in [-0.2, 0) is 4.74 Å². The van der Waals surface area contributed by atoms with E-state index in [-0.39, 0.29) is 18.2 Å². The first-order chi connectivity index (χ1) is 11.5. The number of nitrogens with one attached hydrogen (secondary N) is 2. The number of urea groups is 1. The maximum atomic E-state index is 12.1. The maximum Gasteiger partial charge on any atom is 0.315 e. The van der Waals surface area contributed by atoms with Crippen molar-refractivity contribution in [2.75, 3.05) is 27.4 Å². The fourth-order valence-electron chi connectivity index (χ4n) is 2.97. The Balaban J connectivity index is 1.84. The zero-order valence-electron chi connectivity index (χ0n) is 14.9. The fraction of sp³-hybridized carbons (Fsp3) is 0.611. The lowest BCUT2D eigenvalue weighted by Crippen LogP contribution is -2.41. The second-order valence-corrected chi connectivity index (χ2v) is 6.26. The van der Waals surface area contributed by atoms with Gasteiger partial charge in [0.25, 0.3) is 0 Å². The molecule has 0 bridgehead atoms. The van der Waals surface area contributed by atoms with Gasteiger partial charge in [-0.2, -0.15) is 0 Å². The van der Waals surface area contributed by atoms with Crippen molar-refractivity contribution in [3.8, 4) is 11.5 Å². The molecule has 3 atom stereocenters. The van der Waals surface area contributed by atoms with Gasteiger partial charge in [-0.1, -0.05) is 6.07 Å². The highest BCUT2D eigenvalue weighted by molar-refractivity contribution is 5.74. The van der Waals surface area contributed by atoms with Gasteiger partial charge in [-0.3, -0.25) is 0 Å². The highest BCUT2D eigenvalue weighted by Gasteiger charge is 2.20. The first kappa shape index (κ1) is 18.4. The Morgan fingerprint density at radius 2 is 2.08 bits per heavy atom. The highest BCUT2D eigenvalue weighted by Crippen LogP contribution is 2.29. The molecular formula is C18H28N2O4. The van der Waals surface area contributed by atoms with Crippen LogP contribution in [0.2, 0.25) is 0 Å². The third kappa shape index (κ3) is 5.03. The lowest BCUT2D eigenvalue weighted by atomic mass is 9.96. The summed E-state index contributed by atoms with van der Waals surface area (Å²) in [6.07, 6.45) is 2.26. The number of ether oxygens (including phenoxy) is 3. The predicted octanol–water partition coefficient (Wildman–Crippen LogP) is 2.88. The van der Waals surface area contributed by atoms with E-state index in [1.807, 2.05) is 25.1 Å². The molecule has 0 spiro atoms. The van der Waals surface area contributed by atoms with Crippen LogP contribution in [0.3, 0.4) is 0 Å². The number of hydrogen-bond donors (Lipinski definition) is 2. The molecule has 2 amide bonds. The van der Waals surface area contributed by atoms with Gasteiger partial charge < -0.3 is 24.8 Å². The van der Waals surface area contributed by atoms with E-state index in [9.17, 15) is 4.79 Å². The molecule has 1 aromatic rings. The van der Waals surface area contributed by atoms with E-state index in [1.165, 1.54) is 0 Å². The molecule has 2 N–H and O–H groups in total. The van der Waals surface area contributed by atoms with Gasteiger partial charge in [-0.25, -0.2) is 4.79 Å². The van der Waals surface area contributed by atoms with E-state index < -0.39 is 0 Å². The summed E-state index contributed by atoms with van der Waals surface area (Å²) < 4.78 is 16.1. The topological polar surface area (TPSA) is 68.8 Å². The van der Waals surface area contributed by atoms with E-state index in [2.05, 4.69) is 17.6 Å². The number of rotatable bonds is 6. The standard InChI is InChI=1S/C18H28N2O4/c1-12-9-14(7-8-24-12)11-19-18(21)20-13(2)15-5-6-16(22-3)17(10-15)23-4/h5-6,10,12-14H,7-9,11H2,1-4H3,(H2,19,20,21)/t12-,13+,14-/m1/s1. The molecule has 1 aliphatic heterocycles. The van der Waals surface area contributed by atoms with Gasteiger partial charge in [0.15, 0.2) is 11.5 Å². The Bertz CT molecular complexity index is 550. The molecular weight excluding hydrogens is 308 g/mol. The Hall–Kier alpha value is -1.95. The van der Waals surface area contributed by atoms with Gasteiger partial charge in [0, 0.05) is 13.2 Å². The van der Waals surface area contributed by atoms with E-state index in [0.717, 1.165) is 25.0 Å². The van der Waals surface area contributed by atoms with Crippen LogP contribution in [0.5, 0.6) is 11.5 Å². The summed E-state index contributed by atoms with van der Waals surface area (Å²) in [6.45, 7) is 5.47. The minimum absolute atomic E-state index is 0.126. The molecule has 6 nitrogen and oxygen atoms in total. The Kier molecular flexibility index (Phi) is 6.73. The summed E-state index contributed by atoms with van der Waals surface area (Å²) in [5, 5.41) is 5.92. The SMILES string of the molecule is COc1ccc([C@H](C)NC(=O)NC[C@@H]2CCO[C@H](C)C2)cc1OC. The predicted molar refractivity (Wildman–Crippen MR) is 92.6 cm³/mol. The molecule has 0 radical (unpaired) electrons. The monoisotopic (exact) mass is 336 g/mol. The first-order valence-corrected chi connectivity index (χ1v) is 8.41. The summed E-state index contributed by atoms with van der Waals surface area (Å²) in [4.78, 5) is 12.1. The van der Waals surface area contributed by atoms with Gasteiger partial charge >= 0.3 is 6.03 Å². The molecule has 0 saturated carbocycles. The molecule has 6 heteroatoms. The van der Waals surface area contributed by atoms with E-state index in [1.54, 1.807) is 14.2 Å². The molecule has 1 heterocycles. The second kappa shape index (κ2) is 8.78. The van der Waals surface area contributed by atoms with Crippen LogP contribution in [-0.4, -0.2) is 39.5 Å². The van der Waals surface area contributed by atoms with E-state index >= 15 is 0 Å². The minimum Gasteiger partial charge on any atom is -0.493 e. The van der Waals surface area contributed by atoms with Crippen LogP contribution < -0.4 is 20.1 Å². The lowest BCUT2D eigenvalue weighted by Gasteiger charge is -2.27. The average Bonchev–Trinajstić information content (AvgIpc) is 2.59. The van der Waals surface area contributed by atoms with Crippen molar-refractivity contribution in [3.05, 3.63) is 23.8 Å². The van der Waals surface area contributed by atoms with Crippen molar-refractivity contribution in [2.45, 2.75) is 38.8 Å². The van der Waals surface area contributed by atoms with Crippen LogP contribution >= 0.6 is 0 Å². The number of carbonyl (C=O) groups is 1. The van der Waals surface area contributed by atoms with Crippen molar-refractivity contribution in [1.29, 1.82) is 0 Å². The second-order valence-electron chi connectivity index (χ2n) is 6.26. The molecule has 1 saturated heterocycles. The molecule has 0 aliphatic carbocycles. The van der Waals surface area contributed by atoms with Crippen molar-refractivity contribution in [1.82, 2.24) is 10.6 Å². The maximum absolute atomic E-state index is 12.1. The van der Waals surface area contributed by atoms with Crippen LogP contribution in [0.1, 0.15) is 38.3 Å². The number of methoxy groups -OCH3 is 2. The van der Waals surface area contributed by atoms with Crippen LogP contribution in [0.4, 0.5) is 4.79 Å². The van der Waals surface area contributed by atoms with Crippen molar-refractivity contribution >= 4 is 6.03 Å². The molecule has 0 aromatic heterocycles. The highest BCUT2D eigenvalue weighted by atomic mass is 16.5. The molecule has 1 fully saturated rings. The summed E-state index contributed by atoms with van der Waals surface area (Å²) >= 11 is 0. The van der Waals surface area contributed by atoms with Crippen LogP contribution in [0, 0.1) is 5.92 Å². The lowest BCUT2D eigenvalue weighted by molar-refractivity contribution is 0.00345. The summed E-state index contributed by atoms with van der Waals surface area (Å²) in [7, 11) is 3.20. The molecule has 1 aliphatic rings. The molecule has 0 unspecified atom stereocenters. The zero-order valence-corrected chi connectivity index (χ0v) is 14.9. The average molecular weight is 336 g/mol. The first-order valence-electron chi connectivity index (χ1n) is 8.41. The summed E-state index contributed by atoms with van der Waals surface area (Å²) in [5.74, 6) is 1.81. The normalized spacial score (nSPS) is 21.7. The Morgan fingerprint density at radius 3 is 2.75 bits per heavy atom. The Labute approximate surface area is 143 Å². The fourth-order valence-corrected chi connectivity index (χ4v) is 2.97. The van der Waals surface area contributed by atoms with Crippen molar-refractivity contribution in [2.24, 2.45) is 5.92 Å². The largest absolute Gasteiger partial charge is 0.493 e. The molecule has 24 heavy (non-hydrogen) atoms. The van der Waals surface area contributed by atoms with Crippen LogP contribution in [0.15, 0.2) is 18.2 Å².